The van der Waals surface area contributed by atoms with Crippen molar-refractivity contribution in [2.24, 2.45) is 5.41 Å². The van der Waals surface area contributed by atoms with Gasteiger partial charge in [0.2, 0.25) is 5.91 Å². The number of amides is 1. The summed E-state index contributed by atoms with van der Waals surface area (Å²) in [5.41, 5.74) is -2.31. The van der Waals surface area contributed by atoms with Crippen LogP contribution in [0.5, 0.6) is 0 Å². The van der Waals surface area contributed by atoms with Crippen molar-refractivity contribution in [2.45, 2.75) is 52.2 Å². The van der Waals surface area contributed by atoms with Crippen LogP contribution in [0.25, 0.3) is 0 Å². The highest BCUT2D eigenvalue weighted by atomic mass is 19.1. The van der Waals surface area contributed by atoms with Crippen LogP contribution in [0.1, 0.15) is 41.0 Å². The molecule has 13 heavy (non-hydrogen) atoms. The van der Waals surface area contributed by atoms with Crippen molar-refractivity contribution in [3.8, 4) is 0 Å². The SMILES string of the molecule is CC(C)(C)C(=O)NC1(C)CC1(C)F. The first-order valence-corrected chi connectivity index (χ1v) is 4.60. The summed E-state index contributed by atoms with van der Waals surface area (Å²) < 4.78 is 13.4. The van der Waals surface area contributed by atoms with Gasteiger partial charge in [0.15, 0.2) is 0 Å². The van der Waals surface area contributed by atoms with Gasteiger partial charge in [0.05, 0.1) is 5.54 Å². The van der Waals surface area contributed by atoms with Crippen LogP contribution in [0, 0.1) is 5.41 Å². The lowest BCUT2D eigenvalue weighted by molar-refractivity contribution is -0.129. The molecule has 0 radical (unpaired) electrons. The Kier molecular flexibility index (Phi) is 1.98. The van der Waals surface area contributed by atoms with E-state index in [-0.39, 0.29) is 5.91 Å². The van der Waals surface area contributed by atoms with Gasteiger partial charge in [-0.3, -0.25) is 4.79 Å². The van der Waals surface area contributed by atoms with Crippen molar-refractivity contribution in [1.82, 2.24) is 5.32 Å². The van der Waals surface area contributed by atoms with E-state index in [0.29, 0.717) is 6.42 Å². The Morgan fingerprint density at radius 2 is 1.77 bits per heavy atom. The first-order valence-electron chi connectivity index (χ1n) is 4.60. The first-order chi connectivity index (χ1) is 5.58. The minimum absolute atomic E-state index is 0.0867. The summed E-state index contributed by atoms with van der Waals surface area (Å²) >= 11 is 0. The van der Waals surface area contributed by atoms with Crippen LogP contribution in [-0.2, 0) is 4.79 Å². The molecule has 1 rings (SSSR count). The molecular formula is C10H18FNO. The molecule has 1 aliphatic rings. The third kappa shape index (κ3) is 1.84. The van der Waals surface area contributed by atoms with E-state index in [1.165, 1.54) is 6.92 Å². The molecular weight excluding hydrogens is 169 g/mol. The zero-order valence-electron chi connectivity index (χ0n) is 8.99. The van der Waals surface area contributed by atoms with Crippen molar-refractivity contribution in [3.63, 3.8) is 0 Å². The lowest BCUT2D eigenvalue weighted by Gasteiger charge is -2.22. The monoisotopic (exact) mass is 187 g/mol. The maximum Gasteiger partial charge on any atom is 0.225 e. The molecule has 3 heteroatoms. The average Bonchev–Trinajstić information content (AvgIpc) is 2.28. The van der Waals surface area contributed by atoms with Gasteiger partial charge in [-0.05, 0) is 13.8 Å². The Labute approximate surface area is 78.9 Å². The van der Waals surface area contributed by atoms with Gasteiger partial charge in [0.1, 0.15) is 5.67 Å². The van der Waals surface area contributed by atoms with Gasteiger partial charge in [-0.1, -0.05) is 20.8 Å². The number of alkyl halides is 1. The zero-order valence-corrected chi connectivity index (χ0v) is 8.99. The molecule has 1 amide bonds. The molecule has 0 bridgehead atoms. The van der Waals surface area contributed by atoms with E-state index in [1.807, 2.05) is 20.8 Å². The molecule has 0 aliphatic heterocycles. The molecule has 76 valence electrons. The summed E-state index contributed by atoms with van der Waals surface area (Å²) in [6.45, 7) is 8.74. The smallest absolute Gasteiger partial charge is 0.225 e. The molecule has 1 aliphatic carbocycles. The molecule has 0 aromatic rings. The van der Waals surface area contributed by atoms with Crippen molar-refractivity contribution in [2.75, 3.05) is 0 Å². The summed E-state index contributed by atoms with van der Waals surface area (Å²) in [4.78, 5) is 11.5. The number of hydrogen-bond acceptors (Lipinski definition) is 1. The number of carbonyl (C=O) groups excluding carboxylic acids is 1. The fourth-order valence-corrected chi connectivity index (χ4v) is 1.23. The molecule has 0 aromatic heterocycles. The summed E-state index contributed by atoms with van der Waals surface area (Å²) in [6, 6.07) is 0. The molecule has 1 N–H and O–H groups in total. The van der Waals surface area contributed by atoms with Crippen molar-refractivity contribution in [1.29, 1.82) is 0 Å². The van der Waals surface area contributed by atoms with Gasteiger partial charge >= 0.3 is 0 Å². The minimum Gasteiger partial charge on any atom is -0.347 e. The highest BCUT2D eigenvalue weighted by Crippen LogP contribution is 2.50. The van der Waals surface area contributed by atoms with Gasteiger partial charge in [-0.15, -0.1) is 0 Å². The summed E-state index contributed by atoms with van der Waals surface area (Å²) in [7, 11) is 0. The summed E-state index contributed by atoms with van der Waals surface area (Å²) in [5, 5.41) is 2.75. The second-order valence-corrected chi connectivity index (χ2v) is 5.41. The number of rotatable bonds is 1. The minimum atomic E-state index is -1.23. The van der Waals surface area contributed by atoms with E-state index in [9.17, 15) is 9.18 Å². The normalized spacial score (nSPS) is 38.6. The Hall–Kier alpha value is -0.600. The predicted molar refractivity (Wildman–Crippen MR) is 50.1 cm³/mol. The topological polar surface area (TPSA) is 29.1 Å². The fraction of sp³-hybridized carbons (Fsp3) is 0.900. The van der Waals surface area contributed by atoms with Crippen LogP contribution < -0.4 is 5.32 Å². The van der Waals surface area contributed by atoms with E-state index in [2.05, 4.69) is 5.32 Å². The van der Waals surface area contributed by atoms with Crippen LogP contribution in [0.4, 0.5) is 4.39 Å². The Bertz CT molecular complexity index is 242. The largest absolute Gasteiger partial charge is 0.347 e. The van der Waals surface area contributed by atoms with Gasteiger partial charge in [0.25, 0.3) is 0 Å². The molecule has 2 unspecified atom stereocenters. The highest BCUT2D eigenvalue weighted by Gasteiger charge is 2.63. The van der Waals surface area contributed by atoms with Crippen molar-refractivity contribution < 1.29 is 9.18 Å². The Morgan fingerprint density at radius 3 is 2.00 bits per heavy atom. The molecule has 0 heterocycles. The standard InChI is InChI=1S/C10H18FNO/c1-8(2,3)7(13)12-10(5)6-9(10,4)11/h6H2,1-5H3,(H,12,13). The molecule has 2 atom stereocenters. The van der Waals surface area contributed by atoms with E-state index in [1.54, 1.807) is 6.92 Å². The number of halogens is 1. The van der Waals surface area contributed by atoms with E-state index in [4.69, 9.17) is 0 Å². The lowest BCUT2D eigenvalue weighted by Crippen LogP contribution is -2.44. The second-order valence-electron chi connectivity index (χ2n) is 5.41. The van der Waals surface area contributed by atoms with Crippen LogP contribution in [0.2, 0.25) is 0 Å². The lowest BCUT2D eigenvalue weighted by atomic mass is 9.95. The number of nitrogens with one attached hydrogen (secondary N) is 1. The van der Waals surface area contributed by atoms with Gasteiger partial charge < -0.3 is 5.32 Å². The zero-order chi connectivity index (χ0) is 10.5. The highest BCUT2D eigenvalue weighted by molar-refractivity contribution is 5.82. The Balaban J connectivity index is 2.58. The number of carbonyl (C=O) groups is 1. The molecule has 0 aromatic carbocycles. The summed E-state index contributed by atoms with van der Waals surface area (Å²) in [6.07, 6.45) is 0.418. The Morgan fingerprint density at radius 1 is 1.38 bits per heavy atom. The quantitative estimate of drug-likeness (QED) is 0.668. The van der Waals surface area contributed by atoms with Gasteiger partial charge in [0, 0.05) is 11.8 Å². The number of hydrogen-bond donors (Lipinski definition) is 1. The molecule has 1 fully saturated rings. The third-order valence-corrected chi connectivity index (χ3v) is 2.78. The molecule has 0 saturated heterocycles. The second kappa shape index (κ2) is 2.46. The molecule has 1 saturated carbocycles. The van der Waals surface area contributed by atoms with Crippen LogP contribution in [-0.4, -0.2) is 17.1 Å². The van der Waals surface area contributed by atoms with Gasteiger partial charge in [-0.2, -0.15) is 0 Å². The summed E-state index contributed by atoms with van der Waals surface area (Å²) in [5.74, 6) is -0.0867. The average molecular weight is 187 g/mol. The van der Waals surface area contributed by atoms with Crippen LogP contribution in [0.15, 0.2) is 0 Å². The maximum atomic E-state index is 13.4. The van der Waals surface area contributed by atoms with Crippen molar-refractivity contribution >= 4 is 5.91 Å². The van der Waals surface area contributed by atoms with Crippen LogP contribution >= 0.6 is 0 Å². The van der Waals surface area contributed by atoms with E-state index < -0.39 is 16.6 Å². The van der Waals surface area contributed by atoms with E-state index >= 15 is 0 Å². The van der Waals surface area contributed by atoms with Crippen molar-refractivity contribution in [3.05, 3.63) is 0 Å². The maximum absolute atomic E-state index is 13.4. The fourth-order valence-electron chi connectivity index (χ4n) is 1.23. The molecule has 0 spiro atoms. The van der Waals surface area contributed by atoms with Crippen LogP contribution in [0.3, 0.4) is 0 Å². The van der Waals surface area contributed by atoms with E-state index in [0.717, 1.165) is 0 Å². The first kappa shape index (κ1) is 10.5. The van der Waals surface area contributed by atoms with Gasteiger partial charge in [-0.25, -0.2) is 4.39 Å². The molecule has 2 nitrogen and oxygen atoms in total. The predicted octanol–water partition coefficient (Wildman–Crippen LogP) is 2.04. The third-order valence-electron chi connectivity index (χ3n) is 2.78.